The van der Waals surface area contributed by atoms with Crippen molar-refractivity contribution in [3.05, 3.63) is 45.4 Å². The molecule has 0 saturated carbocycles. The second-order valence-corrected chi connectivity index (χ2v) is 8.11. The van der Waals surface area contributed by atoms with Crippen LogP contribution in [0, 0.1) is 0 Å². The van der Waals surface area contributed by atoms with Crippen molar-refractivity contribution in [3.63, 3.8) is 0 Å². The lowest BCUT2D eigenvalue weighted by Gasteiger charge is -2.04. The largest absolute Gasteiger partial charge is 0.296 e. The minimum atomic E-state index is -0.292. The fourth-order valence-electron chi connectivity index (χ4n) is 2.35. The Labute approximate surface area is 170 Å². The van der Waals surface area contributed by atoms with Gasteiger partial charge in [-0.25, -0.2) is 0 Å². The van der Waals surface area contributed by atoms with Crippen LogP contribution in [0.3, 0.4) is 0 Å². The quantitative estimate of drug-likeness (QED) is 0.578. The lowest BCUT2D eigenvalue weighted by Crippen LogP contribution is -2.14. The fraction of sp³-hybridized carbons (Fsp3) is 0.333. The second-order valence-electron chi connectivity index (χ2n) is 5.99. The predicted molar refractivity (Wildman–Crippen MR) is 110 cm³/mol. The second kappa shape index (κ2) is 9.47. The zero-order valence-electron chi connectivity index (χ0n) is 15.6. The van der Waals surface area contributed by atoms with Crippen molar-refractivity contribution < 1.29 is 9.59 Å². The number of hydrogen-bond acceptors (Lipinski definition) is 8. The van der Waals surface area contributed by atoms with Gasteiger partial charge in [0.25, 0.3) is 11.8 Å². The first-order valence-electron chi connectivity index (χ1n) is 8.96. The highest BCUT2D eigenvalue weighted by atomic mass is 32.1. The molecule has 1 aromatic carbocycles. The molecule has 0 aliphatic heterocycles. The Morgan fingerprint density at radius 2 is 1.14 bits per heavy atom. The number of hydrogen-bond donors (Lipinski definition) is 2. The van der Waals surface area contributed by atoms with Crippen molar-refractivity contribution in [1.29, 1.82) is 0 Å². The van der Waals surface area contributed by atoms with Gasteiger partial charge in [-0.15, -0.1) is 20.4 Å². The molecule has 0 atom stereocenters. The lowest BCUT2D eigenvalue weighted by atomic mass is 10.1. The van der Waals surface area contributed by atoms with E-state index in [1.54, 1.807) is 24.3 Å². The van der Waals surface area contributed by atoms with E-state index >= 15 is 0 Å². The molecule has 0 unspecified atom stereocenters. The van der Waals surface area contributed by atoms with Gasteiger partial charge in [-0.05, 0) is 37.1 Å². The highest BCUT2D eigenvalue weighted by Gasteiger charge is 2.13. The van der Waals surface area contributed by atoms with Crippen LogP contribution in [0.2, 0.25) is 0 Å². The van der Waals surface area contributed by atoms with Crippen molar-refractivity contribution in [2.45, 2.75) is 39.5 Å². The van der Waals surface area contributed by atoms with E-state index in [2.05, 4.69) is 44.9 Å². The third-order valence-electron chi connectivity index (χ3n) is 3.71. The molecule has 3 aromatic rings. The van der Waals surface area contributed by atoms with Gasteiger partial charge in [-0.3, -0.25) is 20.2 Å². The number of nitrogens with one attached hydrogen (secondary N) is 2. The minimum Gasteiger partial charge on any atom is -0.296 e. The normalized spacial score (nSPS) is 10.6. The molecule has 0 fully saturated rings. The highest BCUT2D eigenvalue weighted by molar-refractivity contribution is 7.15. The number of rotatable bonds is 8. The van der Waals surface area contributed by atoms with E-state index in [4.69, 9.17) is 0 Å². The highest BCUT2D eigenvalue weighted by Crippen LogP contribution is 2.19. The molecular weight excluding hydrogens is 396 g/mol. The first kappa shape index (κ1) is 20.0. The Bertz CT molecular complexity index is 874. The third kappa shape index (κ3) is 5.17. The molecule has 2 amide bonds. The van der Waals surface area contributed by atoms with Crippen LogP contribution < -0.4 is 10.6 Å². The van der Waals surface area contributed by atoms with Gasteiger partial charge in [0.05, 0.1) is 0 Å². The molecule has 3 rings (SSSR count). The Hall–Kier alpha value is -2.72. The van der Waals surface area contributed by atoms with E-state index in [0.29, 0.717) is 21.4 Å². The molecule has 146 valence electrons. The molecule has 0 saturated heterocycles. The summed E-state index contributed by atoms with van der Waals surface area (Å²) in [6.45, 7) is 4.12. The van der Waals surface area contributed by atoms with Crippen molar-refractivity contribution >= 4 is 44.8 Å². The third-order valence-corrected chi connectivity index (χ3v) is 5.51. The van der Waals surface area contributed by atoms with Gasteiger partial charge in [0.1, 0.15) is 10.0 Å². The SMILES string of the molecule is CCCc1nnc(NC(=O)c2ccc(C(=O)Nc3nnc(CCC)s3)cc2)s1. The van der Waals surface area contributed by atoms with Crippen LogP contribution in [-0.4, -0.2) is 32.2 Å². The topological polar surface area (TPSA) is 110 Å². The summed E-state index contributed by atoms with van der Waals surface area (Å²) in [6, 6.07) is 6.39. The van der Waals surface area contributed by atoms with E-state index < -0.39 is 0 Å². The van der Waals surface area contributed by atoms with Gasteiger partial charge < -0.3 is 0 Å². The van der Waals surface area contributed by atoms with Crippen LogP contribution in [0.4, 0.5) is 10.3 Å². The first-order valence-corrected chi connectivity index (χ1v) is 10.6. The minimum absolute atomic E-state index is 0.292. The summed E-state index contributed by atoms with van der Waals surface area (Å²) in [6.07, 6.45) is 3.63. The summed E-state index contributed by atoms with van der Waals surface area (Å²) < 4.78 is 0. The van der Waals surface area contributed by atoms with Crippen molar-refractivity contribution in [1.82, 2.24) is 20.4 Å². The molecule has 0 bridgehead atoms. The Balaban J connectivity index is 1.59. The zero-order chi connectivity index (χ0) is 19.9. The number of amides is 2. The Morgan fingerprint density at radius 3 is 1.50 bits per heavy atom. The Kier molecular flexibility index (Phi) is 6.77. The van der Waals surface area contributed by atoms with Gasteiger partial charge in [0.15, 0.2) is 0 Å². The van der Waals surface area contributed by atoms with Crippen molar-refractivity contribution in [2.24, 2.45) is 0 Å². The number of benzene rings is 1. The molecule has 10 heteroatoms. The maximum atomic E-state index is 12.3. The summed E-state index contributed by atoms with van der Waals surface area (Å²) in [5, 5.41) is 24.2. The zero-order valence-corrected chi connectivity index (χ0v) is 17.2. The molecule has 0 spiro atoms. The molecule has 2 heterocycles. The molecule has 28 heavy (non-hydrogen) atoms. The smallest absolute Gasteiger partial charge is 0.257 e. The molecular formula is C18H20N6O2S2. The number of nitrogens with zero attached hydrogens (tertiary/aromatic N) is 4. The number of carbonyl (C=O) groups is 2. The lowest BCUT2D eigenvalue weighted by molar-refractivity contribution is 0.101. The van der Waals surface area contributed by atoms with Crippen molar-refractivity contribution in [2.75, 3.05) is 10.6 Å². The Morgan fingerprint density at radius 1 is 0.750 bits per heavy atom. The number of aromatic nitrogens is 4. The molecule has 2 aromatic heterocycles. The summed E-state index contributed by atoms with van der Waals surface area (Å²) in [5.74, 6) is -0.584. The number of aryl methyl sites for hydroxylation is 2. The van der Waals surface area contributed by atoms with Gasteiger partial charge >= 0.3 is 0 Å². The predicted octanol–water partition coefficient (Wildman–Crippen LogP) is 3.80. The molecule has 0 radical (unpaired) electrons. The van der Waals surface area contributed by atoms with Gasteiger partial charge in [-0.2, -0.15) is 0 Å². The van der Waals surface area contributed by atoms with Crippen LogP contribution in [0.15, 0.2) is 24.3 Å². The maximum Gasteiger partial charge on any atom is 0.257 e. The first-order chi connectivity index (χ1) is 13.6. The number of anilines is 2. The molecule has 0 aliphatic rings. The monoisotopic (exact) mass is 416 g/mol. The van der Waals surface area contributed by atoms with Crippen LogP contribution in [-0.2, 0) is 12.8 Å². The van der Waals surface area contributed by atoms with E-state index in [1.807, 2.05) is 0 Å². The van der Waals surface area contributed by atoms with Gasteiger partial charge in [-0.1, -0.05) is 36.5 Å². The molecule has 0 aliphatic carbocycles. The molecule has 8 nitrogen and oxygen atoms in total. The van der Waals surface area contributed by atoms with E-state index in [9.17, 15) is 9.59 Å². The van der Waals surface area contributed by atoms with E-state index in [0.717, 1.165) is 35.7 Å². The van der Waals surface area contributed by atoms with E-state index in [1.165, 1.54) is 22.7 Å². The maximum absolute atomic E-state index is 12.3. The summed E-state index contributed by atoms with van der Waals surface area (Å²) in [7, 11) is 0. The van der Waals surface area contributed by atoms with Crippen molar-refractivity contribution in [3.8, 4) is 0 Å². The van der Waals surface area contributed by atoms with Gasteiger partial charge in [0.2, 0.25) is 10.3 Å². The summed E-state index contributed by atoms with van der Waals surface area (Å²) in [4.78, 5) is 24.7. The summed E-state index contributed by atoms with van der Waals surface area (Å²) in [5.41, 5.74) is 0.870. The van der Waals surface area contributed by atoms with Crippen LogP contribution in [0.25, 0.3) is 0 Å². The van der Waals surface area contributed by atoms with Gasteiger partial charge in [0, 0.05) is 24.0 Å². The average molecular weight is 417 g/mol. The van der Waals surface area contributed by atoms with Crippen LogP contribution >= 0.6 is 22.7 Å². The average Bonchev–Trinajstić information content (AvgIpc) is 3.32. The van der Waals surface area contributed by atoms with Crippen LogP contribution in [0.5, 0.6) is 0 Å². The van der Waals surface area contributed by atoms with Crippen LogP contribution in [0.1, 0.15) is 57.4 Å². The number of carbonyl (C=O) groups excluding carboxylic acids is 2. The fourth-order valence-corrected chi connectivity index (χ4v) is 4.02. The summed E-state index contributed by atoms with van der Waals surface area (Å²) >= 11 is 2.73. The molecule has 2 N–H and O–H groups in total. The standard InChI is InChI=1S/C18H20N6O2S2/c1-3-5-13-21-23-17(27-13)19-15(25)11-7-9-12(10-8-11)16(26)20-18-24-22-14(28-18)6-4-2/h7-10H,3-6H2,1-2H3,(H,19,23,25)(H,20,24,26). The van der Waals surface area contributed by atoms with E-state index in [-0.39, 0.29) is 11.8 Å².